The van der Waals surface area contributed by atoms with Crippen molar-refractivity contribution in [2.45, 2.75) is 26.2 Å². The first-order chi connectivity index (χ1) is 9.77. The van der Waals surface area contributed by atoms with Crippen LogP contribution in [0.25, 0.3) is 0 Å². The summed E-state index contributed by atoms with van der Waals surface area (Å²) in [5.74, 6) is -1.60. The van der Waals surface area contributed by atoms with E-state index < -0.39 is 11.8 Å². The largest absolute Gasteiger partial charge is 0.478 e. The molecule has 1 N–H and O–H groups in total. The summed E-state index contributed by atoms with van der Waals surface area (Å²) in [6, 6.07) is 6.75. The van der Waals surface area contributed by atoms with E-state index in [1.54, 1.807) is 12.3 Å². The molecular formula is C16H16FNO3. The highest BCUT2D eigenvalue weighted by Crippen LogP contribution is 2.27. The molecular weight excluding hydrogens is 273 g/mol. The van der Waals surface area contributed by atoms with E-state index in [0.29, 0.717) is 0 Å². The van der Waals surface area contributed by atoms with Gasteiger partial charge >= 0.3 is 5.97 Å². The van der Waals surface area contributed by atoms with Crippen molar-refractivity contribution in [3.05, 3.63) is 53.5 Å². The topological polar surface area (TPSA) is 59.4 Å². The lowest BCUT2D eigenvalue weighted by atomic mass is 9.88. The summed E-state index contributed by atoms with van der Waals surface area (Å²) in [6.45, 7) is 6.17. The molecule has 0 aliphatic carbocycles. The minimum Gasteiger partial charge on any atom is -0.478 e. The number of rotatable bonds is 3. The van der Waals surface area contributed by atoms with Crippen LogP contribution in [0.5, 0.6) is 11.6 Å². The van der Waals surface area contributed by atoms with Gasteiger partial charge in [-0.15, -0.1) is 0 Å². The summed E-state index contributed by atoms with van der Waals surface area (Å²) in [5.41, 5.74) is 0.863. The Morgan fingerprint density at radius 2 is 1.95 bits per heavy atom. The maximum absolute atomic E-state index is 13.2. The molecule has 0 spiro atoms. The van der Waals surface area contributed by atoms with Crippen molar-refractivity contribution in [1.29, 1.82) is 0 Å². The molecule has 5 heteroatoms. The Morgan fingerprint density at radius 1 is 1.24 bits per heavy atom. The van der Waals surface area contributed by atoms with Gasteiger partial charge in [-0.3, -0.25) is 0 Å². The van der Waals surface area contributed by atoms with Crippen LogP contribution in [0.4, 0.5) is 4.39 Å². The molecule has 0 bridgehead atoms. The number of aromatic carboxylic acids is 1. The number of pyridine rings is 1. The van der Waals surface area contributed by atoms with E-state index in [9.17, 15) is 9.18 Å². The molecule has 0 aliphatic rings. The van der Waals surface area contributed by atoms with Gasteiger partial charge in [0.25, 0.3) is 0 Å². The molecule has 0 fully saturated rings. The Bertz CT molecular complexity index is 660. The molecule has 4 nitrogen and oxygen atoms in total. The van der Waals surface area contributed by atoms with Crippen molar-refractivity contribution in [3.8, 4) is 11.6 Å². The first kappa shape index (κ1) is 15.0. The van der Waals surface area contributed by atoms with Gasteiger partial charge < -0.3 is 9.84 Å². The van der Waals surface area contributed by atoms with E-state index >= 15 is 0 Å². The van der Waals surface area contributed by atoms with Gasteiger partial charge in [-0.25, -0.2) is 14.2 Å². The maximum Gasteiger partial charge on any atom is 0.339 e. The zero-order valence-corrected chi connectivity index (χ0v) is 12.1. The third-order valence-electron chi connectivity index (χ3n) is 2.99. The fourth-order valence-corrected chi connectivity index (χ4v) is 1.75. The van der Waals surface area contributed by atoms with Crippen LogP contribution < -0.4 is 4.74 Å². The van der Waals surface area contributed by atoms with E-state index in [4.69, 9.17) is 9.84 Å². The van der Waals surface area contributed by atoms with Gasteiger partial charge in [-0.2, -0.15) is 0 Å². The Morgan fingerprint density at radius 3 is 2.48 bits per heavy atom. The van der Waals surface area contributed by atoms with Gasteiger partial charge in [0.2, 0.25) is 5.88 Å². The standard InChI is InChI=1S/C16H16FNO3/c1-16(2,3)10-4-7-14(18-9-10)21-13-8-11(17)5-6-12(13)15(19)20/h4-9H,1-3H3,(H,19,20). The van der Waals surface area contributed by atoms with E-state index in [-0.39, 0.29) is 22.6 Å². The minimum atomic E-state index is -1.18. The number of carbonyl (C=O) groups is 1. The first-order valence-corrected chi connectivity index (χ1v) is 6.44. The Hall–Kier alpha value is -2.43. The predicted molar refractivity (Wildman–Crippen MR) is 76.4 cm³/mol. The predicted octanol–water partition coefficient (Wildman–Crippen LogP) is 4.01. The monoisotopic (exact) mass is 289 g/mol. The first-order valence-electron chi connectivity index (χ1n) is 6.44. The van der Waals surface area contributed by atoms with Crippen LogP contribution in [0.15, 0.2) is 36.5 Å². The second-order valence-electron chi connectivity index (χ2n) is 5.68. The molecule has 0 saturated carbocycles. The molecule has 0 amide bonds. The number of nitrogens with zero attached hydrogens (tertiary/aromatic N) is 1. The summed E-state index contributed by atoms with van der Waals surface area (Å²) in [4.78, 5) is 15.2. The number of carboxylic acids is 1. The van der Waals surface area contributed by atoms with Gasteiger partial charge in [-0.05, 0) is 23.1 Å². The number of aromatic nitrogens is 1. The molecule has 0 unspecified atom stereocenters. The zero-order valence-electron chi connectivity index (χ0n) is 12.1. The SMILES string of the molecule is CC(C)(C)c1ccc(Oc2cc(F)ccc2C(=O)O)nc1. The van der Waals surface area contributed by atoms with Crippen molar-refractivity contribution in [2.75, 3.05) is 0 Å². The lowest BCUT2D eigenvalue weighted by Crippen LogP contribution is -2.11. The van der Waals surface area contributed by atoms with Crippen LogP contribution in [0, 0.1) is 5.82 Å². The fraction of sp³-hybridized carbons (Fsp3) is 0.250. The van der Waals surface area contributed by atoms with Gasteiger partial charge in [-0.1, -0.05) is 26.8 Å². The van der Waals surface area contributed by atoms with Gasteiger partial charge in [0, 0.05) is 18.3 Å². The molecule has 0 saturated heterocycles. The molecule has 110 valence electrons. The van der Waals surface area contributed by atoms with E-state index in [0.717, 1.165) is 23.8 Å². The summed E-state index contributed by atoms with van der Waals surface area (Å²) in [5, 5.41) is 9.06. The van der Waals surface area contributed by atoms with Crippen molar-refractivity contribution < 1.29 is 19.0 Å². The van der Waals surface area contributed by atoms with Crippen molar-refractivity contribution in [2.24, 2.45) is 0 Å². The lowest BCUT2D eigenvalue weighted by Gasteiger charge is -2.18. The van der Waals surface area contributed by atoms with Gasteiger partial charge in [0.15, 0.2) is 0 Å². The third kappa shape index (κ3) is 3.56. The van der Waals surface area contributed by atoms with E-state index in [1.807, 2.05) is 6.07 Å². The summed E-state index contributed by atoms with van der Waals surface area (Å²) in [6.07, 6.45) is 1.66. The molecule has 1 aromatic carbocycles. The summed E-state index contributed by atoms with van der Waals surface area (Å²) >= 11 is 0. The molecule has 1 aromatic heterocycles. The fourth-order valence-electron chi connectivity index (χ4n) is 1.75. The Balaban J connectivity index is 2.30. The Labute approximate surface area is 122 Å². The molecule has 0 aliphatic heterocycles. The van der Waals surface area contributed by atoms with E-state index in [2.05, 4.69) is 25.8 Å². The molecule has 2 rings (SSSR count). The van der Waals surface area contributed by atoms with Crippen LogP contribution in [0.2, 0.25) is 0 Å². The average Bonchev–Trinajstić information content (AvgIpc) is 2.38. The number of carboxylic acid groups (broad SMARTS) is 1. The smallest absolute Gasteiger partial charge is 0.339 e. The molecule has 2 aromatic rings. The van der Waals surface area contributed by atoms with Crippen LogP contribution >= 0.6 is 0 Å². The molecule has 21 heavy (non-hydrogen) atoms. The number of ether oxygens (including phenoxy) is 1. The number of halogens is 1. The van der Waals surface area contributed by atoms with Crippen molar-refractivity contribution in [1.82, 2.24) is 4.98 Å². The Kier molecular flexibility index (Phi) is 3.93. The van der Waals surface area contributed by atoms with Crippen LogP contribution in [-0.2, 0) is 5.41 Å². The van der Waals surface area contributed by atoms with Crippen molar-refractivity contribution >= 4 is 5.97 Å². The number of benzene rings is 1. The average molecular weight is 289 g/mol. The lowest BCUT2D eigenvalue weighted by molar-refractivity contribution is 0.0694. The van der Waals surface area contributed by atoms with Crippen LogP contribution in [0.3, 0.4) is 0 Å². The van der Waals surface area contributed by atoms with Crippen molar-refractivity contribution in [3.63, 3.8) is 0 Å². The molecule has 1 heterocycles. The summed E-state index contributed by atoms with van der Waals surface area (Å²) < 4.78 is 18.6. The minimum absolute atomic E-state index is 0.0450. The normalized spacial score (nSPS) is 11.2. The second-order valence-corrected chi connectivity index (χ2v) is 5.68. The third-order valence-corrected chi connectivity index (χ3v) is 2.99. The molecule has 0 atom stereocenters. The quantitative estimate of drug-likeness (QED) is 0.927. The zero-order chi connectivity index (χ0) is 15.6. The number of hydrogen-bond donors (Lipinski definition) is 1. The van der Waals surface area contributed by atoms with Gasteiger partial charge in [0.05, 0.1) is 0 Å². The highest BCUT2D eigenvalue weighted by molar-refractivity contribution is 5.90. The molecule has 0 radical (unpaired) electrons. The van der Waals surface area contributed by atoms with Crippen LogP contribution in [0.1, 0.15) is 36.7 Å². The van der Waals surface area contributed by atoms with Crippen LogP contribution in [-0.4, -0.2) is 16.1 Å². The second kappa shape index (κ2) is 5.52. The highest BCUT2D eigenvalue weighted by atomic mass is 19.1. The maximum atomic E-state index is 13.2. The highest BCUT2D eigenvalue weighted by Gasteiger charge is 2.16. The number of hydrogen-bond acceptors (Lipinski definition) is 3. The summed E-state index contributed by atoms with van der Waals surface area (Å²) in [7, 11) is 0. The van der Waals surface area contributed by atoms with E-state index in [1.165, 1.54) is 0 Å². The van der Waals surface area contributed by atoms with Gasteiger partial charge in [0.1, 0.15) is 17.1 Å².